The highest BCUT2D eigenvalue weighted by Crippen LogP contribution is 2.23. The fraction of sp³-hybridized carbons (Fsp3) is 0.238. The maximum Gasteiger partial charge on any atom is 0.272 e. The smallest absolute Gasteiger partial charge is 0.272 e. The maximum atomic E-state index is 12.5. The number of hydrogen-bond donors (Lipinski definition) is 1. The lowest BCUT2D eigenvalue weighted by atomic mass is 10.1. The first-order valence-corrected chi connectivity index (χ1v) is 8.66. The van der Waals surface area contributed by atoms with E-state index in [1.807, 2.05) is 49.4 Å². The average Bonchev–Trinajstić information content (AvgIpc) is 3.17. The van der Waals surface area contributed by atoms with Gasteiger partial charge in [-0.15, -0.1) is 0 Å². The van der Waals surface area contributed by atoms with Gasteiger partial charge in [0.2, 0.25) is 0 Å². The van der Waals surface area contributed by atoms with E-state index >= 15 is 0 Å². The van der Waals surface area contributed by atoms with Gasteiger partial charge >= 0.3 is 0 Å². The molecule has 0 aliphatic rings. The predicted molar refractivity (Wildman–Crippen MR) is 103 cm³/mol. The number of methoxy groups -OCH3 is 2. The lowest BCUT2D eigenvalue weighted by Gasteiger charge is -2.09. The van der Waals surface area contributed by atoms with Crippen LogP contribution in [0.3, 0.4) is 0 Å². The summed E-state index contributed by atoms with van der Waals surface area (Å²) in [6, 6.07) is 15.4. The normalized spacial score (nSPS) is 10.6. The van der Waals surface area contributed by atoms with Crippen LogP contribution in [-0.2, 0) is 17.9 Å². The van der Waals surface area contributed by atoms with Crippen LogP contribution in [0, 0.1) is 6.92 Å². The van der Waals surface area contributed by atoms with Crippen molar-refractivity contribution in [3.8, 4) is 11.4 Å². The number of amides is 1. The molecule has 0 unspecified atom stereocenters. The molecule has 0 bridgehead atoms. The van der Waals surface area contributed by atoms with Crippen molar-refractivity contribution in [1.29, 1.82) is 0 Å². The number of ether oxygens (including phenoxy) is 2. The van der Waals surface area contributed by atoms with Crippen LogP contribution in [0.5, 0.6) is 5.75 Å². The summed E-state index contributed by atoms with van der Waals surface area (Å²) in [7, 11) is 3.27. The van der Waals surface area contributed by atoms with E-state index in [9.17, 15) is 4.79 Å². The van der Waals surface area contributed by atoms with Crippen molar-refractivity contribution >= 4 is 5.91 Å². The molecular formula is C21H23N3O3. The molecule has 0 radical (unpaired) electrons. The second-order valence-corrected chi connectivity index (χ2v) is 6.26. The summed E-state index contributed by atoms with van der Waals surface area (Å²) < 4.78 is 12.2. The van der Waals surface area contributed by atoms with E-state index < -0.39 is 0 Å². The molecule has 2 aromatic carbocycles. The predicted octanol–water partition coefficient (Wildman–Crippen LogP) is 3.27. The zero-order valence-corrected chi connectivity index (χ0v) is 15.7. The van der Waals surface area contributed by atoms with Gasteiger partial charge < -0.3 is 14.8 Å². The summed E-state index contributed by atoms with van der Waals surface area (Å²) in [6.07, 6.45) is 1.76. The van der Waals surface area contributed by atoms with Crippen LogP contribution in [0.4, 0.5) is 0 Å². The average molecular weight is 365 g/mol. The van der Waals surface area contributed by atoms with E-state index in [2.05, 4.69) is 10.4 Å². The third-order valence-corrected chi connectivity index (χ3v) is 4.16. The molecule has 0 saturated carbocycles. The minimum Gasteiger partial charge on any atom is -0.494 e. The zero-order valence-electron chi connectivity index (χ0n) is 15.7. The van der Waals surface area contributed by atoms with Gasteiger partial charge in [-0.2, -0.15) is 5.10 Å². The Morgan fingerprint density at radius 1 is 1.11 bits per heavy atom. The number of aromatic nitrogens is 2. The Hall–Kier alpha value is -3.12. The number of hydrogen-bond acceptors (Lipinski definition) is 4. The van der Waals surface area contributed by atoms with E-state index in [1.165, 1.54) is 0 Å². The Morgan fingerprint density at radius 2 is 1.93 bits per heavy atom. The molecule has 0 saturated heterocycles. The van der Waals surface area contributed by atoms with Gasteiger partial charge in [0.1, 0.15) is 11.4 Å². The van der Waals surface area contributed by atoms with Crippen LogP contribution in [0.2, 0.25) is 0 Å². The molecule has 27 heavy (non-hydrogen) atoms. The molecule has 6 heteroatoms. The van der Waals surface area contributed by atoms with E-state index in [0.717, 1.165) is 22.4 Å². The van der Waals surface area contributed by atoms with Gasteiger partial charge in [0.25, 0.3) is 5.91 Å². The summed E-state index contributed by atoms with van der Waals surface area (Å²) in [5.74, 6) is 0.475. The Balaban J connectivity index is 1.70. The Morgan fingerprint density at radius 3 is 2.70 bits per heavy atom. The molecule has 1 amide bonds. The molecule has 0 aliphatic heterocycles. The molecule has 0 spiro atoms. The highest BCUT2D eigenvalue weighted by Gasteiger charge is 2.12. The first-order valence-electron chi connectivity index (χ1n) is 8.66. The van der Waals surface area contributed by atoms with Gasteiger partial charge in [-0.25, -0.2) is 4.68 Å². The summed E-state index contributed by atoms with van der Waals surface area (Å²) in [5, 5.41) is 7.30. The Kier molecular flexibility index (Phi) is 5.88. The topological polar surface area (TPSA) is 65.4 Å². The van der Waals surface area contributed by atoms with Crippen LogP contribution >= 0.6 is 0 Å². The fourth-order valence-corrected chi connectivity index (χ4v) is 2.83. The molecule has 140 valence electrons. The van der Waals surface area contributed by atoms with Crippen molar-refractivity contribution in [1.82, 2.24) is 15.1 Å². The molecule has 1 N–H and O–H groups in total. The monoisotopic (exact) mass is 365 g/mol. The third kappa shape index (κ3) is 4.54. The van der Waals surface area contributed by atoms with Crippen molar-refractivity contribution in [2.75, 3.05) is 14.2 Å². The SMILES string of the molecule is COCc1cccc(CNC(=O)c2ccn(-c3cc(C)ccc3OC)n2)c1. The van der Waals surface area contributed by atoms with Gasteiger partial charge in [0, 0.05) is 19.9 Å². The van der Waals surface area contributed by atoms with Crippen LogP contribution in [-0.4, -0.2) is 29.9 Å². The zero-order chi connectivity index (χ0) is 19.2. The van der Waals surface area contributed by atoms with Gasteiger partial charge in [-0.05, 0) is 41.8 Å². The number of carbonyl (C=O) groups is 1. The number of nitrogens with zero attached hydrogens (tertiary/aromatic N) is 2. The minimum absolute atomic E-state index is 0.225. The molecule has 0 fully saturated rings. The maximum absolute atomic E-state index is 12.5. The second-order valence-electron chi connectivity index (χ2n) is 6.26. The van der Waals surface area contributed by atoms with Gasteiger partial charge in [-0.3, -0.25) is 4.79 Å². The van der Waals surface area contributed by atoms with E-state index in [-0.39, 0.29) is 5.91 Å². The first-order chi connectivity index (χ1) is 13.1. The van der Waals surface area contributed by atoms with E-state index in [4.69, 9.17) is 9.47 Å². The highest BCUT2D eigenvalue weighted by atomic mass is 16.5. The summed E-state index contributed by atoms with van der Waals surface area (Å²) in [4.78, 5) is 12.5. The van der Waals surface area contributed by atoms with Crippen molar-refractivity contribution in [2.24, 2.45) is 0 Å². The molecule has 6 nitrogen and oxygen atoms in total. The minimum atomic E-state index is -0.225. The first kappa shape index (κ1) is 18.7. The Bertz CT molecular complexity index is 934. The van der Waals surface area contributed by atoms with Crippen LogP contribution in [0.25, 0.3) is 5.69 Å². The molecule has 3 aromatic rings. The summed E-state index contributed by atoms with van der Waals surface area (Å²) in [5.41, 5.74) is 4.32. The molecule has 0 aliphatic carbocycles. The van der Waals surface area contributed by atoms with Gasteiger partial charge in [-0.1, -0.05) is 30.3 Å². The largest absolute Gasteiger partial charge is 0.494 e. The molecule has 1 heterocycles. The third-order valence-electron chi connectivity index (χ3n) is 4.16. The van der Waals surface area contributed by atoms with Gasteiger partial charge in [0.05, 0.1) is 13.7 Å². The number of rotatable bonds is 7. The molecule has 0 atom stereocenters. The van der Waals surface area contributed by atoms with Crippen LogP contribution in [0.1, 0.15) is 27.2 Å². The van der Waals surface area contributed by atoms with Crippen LogP contribution < -0.4 is 10.1 Å². The summed E-state index contributed by atoms with van der Waals surface area (Å²) >= 11 is 0. The number of nitrogens with one attached hydrogen (secondary N) is 1. The number of carbonyl (C=O) groups excluding carboxylic acids is 1. The molecular weight excluding hydrogens is 342 g/mol. The van der Waals surface area contributed by atoms with Crippen molar-refractivity contribution < 1.29 is 14.3 Å². The fourth-order valence-electron chi connectivity index (χ4n) is 2.83. The molecule has 3 rings (SSSR count). The summed E-state index contributed by atoms with van der Waals surface area (Å²) in [6.45, 7) is 2.97. The van der Waals surface area contributed by atoms with Crippen LogP contribution in [0.15, 0.2) is 54.7 Å². The van der Waals surface area contributed by atoms with Gasteiger partial charge in [0.15, 0.2) is 5.69 Å². The highest BCUT2D eigenvalue weighted by molar-refractivity contribution is 5.92. The standard InChI is InChI=1S/C21H23N3O3/c1-15-7-8-20(27-3)19(11-15)24-10-9-18(23-24)21(25)22-13-16-5-4-6-17(12-16)14-26-2/h4-12H,13-14H2,1-3H3,(H,22,25). The Labute approximate surface area is 158 Å². The number of aryl methyl sites for hydroxylation is 1. The molecule has 1 aromatic heterocycles. The van der Waals surface area contributed by atoms with Crippen molar-refractivity contribution in [3.63, 3.8) is 0 Å². The van der Waals surface area contributed by atoms with Crippen molar-refractivity contribution in [2.45, 2.75) is 20.1 Å². The van der Waals surface area contributed by atoms with Crippen molar-refractivity contribution in [3.05, 3.63) is 77.1 Å². The lowest BCUT2D eigenvalue weighted by molar-refractivity contribution is 0.0945. The lowest BCUT2D eigenvalue weighted by Crippen LogP contribution is -2.23. The number of benzene rings is 2. The quantitative estimate of drug-likeness (QED) is 0.698. The second kappa shape index (κ2) is 8.51. The van der Waals surface area contributed by atoms with E-state index in [1.54, 1.807) is 31.2 Å². The van der Waals surface area contributed by atoms with E-state index in [0.29, 0.717) is 24.6 Å².